The van der Waals surface area contributed by atoms with Gasteiger partial charge in [0.2, 0.25) is 0 Å². The van der Waals surface area contributed by atoms with Gasteiger partial charge in [-0.2, -0.15) is 0 Å². The predicted octanol–water partition coefficient (Wildman–Crippen LogP) is 1.63. The highest BCUT2D eigenvalue weighted by molar-refractivity contribution is 5.67. The SMILES string of the molecule is O=C(NCC(F)CCO)OCc1ccccc1. The van der Waals surface area contributed by atoms with Crippen LogP contribution in [0.25, 0.3) is 0 Å². The molecule has 1 aromatic rings. The smallest absolute Gasteiger partial charge is 0.407 e. The number of carbonyl (C=O) groups is 1. The van der Waals surface area contributed by atoms with Gasteiger partial charge in [0, 0.05) is 13.0 Å². The number of halogens is 1. The van der Waals surface area contributed by atoms with E-state index in [1.165, 1.54) is 0 Å². The van der Waals surface area contributed by atoms with Crippen LogP contribution in [0.5, 0.6) is 0 Å². The molecule has 4 nitrogen and oxygen atoms in total. The Morgan fingerprint density at radius 2 is 2.12 bits per heavy atom. The van der Waals surface area contributed by atoms with Crippen LogP contribution in [0.3, 0.4) is 0 Å². The number of hydrogen-bond donors (Lipinski definition) is 2. The monoisotopic (exact) mass is 241 g/mol. The van der Waals surface area contributed by atoms with E-state index in [-0.39, 0.29) is 26.2 Å². The van der Waals surface area contributed by atoms with E-state index in [0.717, 1.165) is 5.56 Å². The molecule has 94 valence electrons. The number of rotatable bonds is 6. The number of aliphatic hydroxyl groups excluding tert-OH is 1. The molecule has 5 heteroatoms. The molecule has 0 saturated carbocycles. The molecule has 0 aliphatic heterocycles. The van der Waals surface area contributed by atoms with Crippen LogP contribution >= 0.6 is 0 Å². The molecule has 1 aromatic carbocycles. The number of aliphatic hydroxyl groups is 1. The first-order valence-corrected chi connectivity index (χ1v) is 5.42. The second kappa shape index (κ2) is 7.62. The first-order valence-electron chi connectivity index (χ1n) is 5.42. The van der Waals surface area contributed by atoms with Crippen molar-refractivity contribution >= 4 is 6.09 Å². The van der Waals surface area contributed by atoms with Crippen LogP contribution in [0.4, 0.5) is 9.18 Å². The molecular weight excluding hydrogens is 225 g/mol. The maximum atomic E-state index is 12.9. The zero-order chi connectivity index (χ0) is 12.5. The van der Waals surface area contributed by atoms with Gasteiger partial charge in [-0.3, -0.25) is 0 Å². The third kappa shape index (κ3) is 5.87. The lowest BCUT2D eigenvalue weighted by atomic mass is 10.2. The van der Waals surface area contributed by atoms with Crippen molar-refractivity contribution in [2.24, 2.45) is 0 Å². The highest BCUT2D eigenvalue weighted by Crippen LogP contribution is 2.01. The molecule has 17 heavy (non-hydrogen) atoms. The normalized spacial score (nSPS) is 11.9. The minimum atomic E-state index is -1.25. The molecule has 0 radical (unpaired) electrons. The number of alkyl halides is 1. The van der Waals surface area contributed by atoms with Crippen molar-refractivity contribution in [2.45, 2.75) is 19.2 Å². The summed E-state index contributed by atoms with van der Waals surface area (Å²) in [5, 5.41) is 10.8. The van der Waals surface area contributed by atoms with E-state index < -0.39 is 12.3 Å². The fourth-order valence-corrected chi connectivity index (χ4v) is 1.21. The lowest BCUT2D eigenvalue weighted by molar-refractivity contribution is 0.134. The summed E-state index contributed by atoms with van der Waals surface area (Å²) < 4.78 is 17.8. The van der Waals surface area contributed by atoms with Crippen molar-refractivity contribution in [2.75, 3.05) is 13.2 Å². The quantitative estimate of drug-likeness (QED) is 0.796. The maximum Gasteiger partial charge on any atom is 0.407 e. The van der Waals surface area contributed by atoms with Crippen LogP contribution in [0.15, 0.2) is 30.3 Å². The summed E-state index contributed by atoms with van der Waals surface area (Å²) in [6.45, 7) is -0.223. The van der Waals surface area contributed by atoms with Gasteiger partial charge in [-0.25, -0.2) is 9.18 Å². The van der Waals surface area contributed by atoms with Crippen molar-refractivity contribution < 1.29 is 19.0 Å². The second-order valence-electron chi connectivity index (χ2n) is 3.55. The number of benzene rings is 1. The van der Waals surface area contributed by atoms with Crippen molar-refractivity contribution in [1.82, 2.24) is 5.32 Å². The Kier molecular flexibility index (Phi) is 6.03. The van der Waals surface area contributed by atoms with Crippen molar-refractivity contribution in [3.05, 3.63) is 35.9 Å². The number of nitrogens with one attached hydrogen (secondary N) is 1. The molecule has 0 aromatic heterocycles. The summed E-state index contributed by atoms with van der Waals surface area (Å²) >= 11 is 0. The van der Waals surface area contributed by atoms with Crippen LogP contribution in [0, 0.1) is 0 Å². The maximum absolute atomic E-state index is 12.9. The zero-order valence-electron chi connectivity index (χ0n) is 9.43. The standard InChI is InChI=1S/C12H16FNO3/c13-11(6-7-15)8-14-12(16)17-9-10-4-2-1-3-5-10/h1-5,11,15H,6-9H2,(H,14,16). The third-order valence-corrected chi connectivity index (χ3v) is 2.12. The van der Waals surface area contributed by atoms with E-state index in [4.69, 9.17) is 9.84 Å². The van der Waals surface area contributed by atoms with Gasteiger partial charge in [0.05, 0.1) is 6.54 Å². The van der Waals surface area contributed by atoms with E-state index in [2.05, 4.69) is 5.32 Å². The van der Waals surface area contributed by atoms with E-state index in [1.807, 2.05) is 30.3 Å². The molecular formula is C12H16FNO3. The predicted molar refractivity (Wildman–Crippen MR) is 61.2 cm³/mol. The highest BCUT2D eigenvalue weighted by atomic mass is 19.1. The van der Waals surface area contributed by atoms with Crippen LogP contribution in [-0.2, 0) is 11.3 Å². The Morgan fingerprint density at radius 1 is 1.41 bits per heavy atom. The molecule has 1 unspecified atom stereocenters. The number of ether oxygens (including phenoxy) is 1. The van der Waals surface area contributed by atoms with Gasteiger partial charge in [0.15, 0.2) is 0 Å². The van der Waals surface area contributed by atoms with Gasteiger partial charge in [0.25, 0.3) is 0 Å². The number of hydrogen-bond acceptors (Lipinski definition) is 3. The molecule has 0 saturated heterocycles. The van der Waals surface area contributed by atoms with Gasteiger partial charge in [-0.1, -0.05) is 30.3 Å². The van der Waals surface area contributed by atoms with Crippen molar-refractivity contribution in [1.29, 1.82) is 0 Å². The van der Waals surface area contributed by atoms with Gasteiger partial charge >= 0.3 is 6.09 Å². The molecule has 0 heterocycles. The number of amides is 1. The molecule has 0 aliphatic rings. The fourth-order valence-electron chi connectivity index (χ4n) is 1.21. The topological polar surface area (TPSA) is 58.6 Å². The Labute approximate surface area is 99.4 Å². The largest absolute Gasteiger partial charge is 0.445 e. The van der Waals surface area contributed by atoms with Gasteiger partial charge in [0.1, 0.15) is 12.8 Å². The number of alkyl carbamates (subject to hydrolysis) is 1. The Bertz CT molecular complexity index is 332. The van der Waals surface area contributed by atoms with Crippen molar-refractivity contribution in [3.8, 4) is 0 Å². The fraction of sp³-hybridized carbons (Fsp3) is 0.417. The Hall–Kier alpha value is -1.62. The molecule has 0 aliphatic carbocycles. The van der Waals surface area contributed by atoms with Gasteiger partial charge in [-0.05, 0) is 5.56 Å². The van der Waals surface area contributed by atoms with E-state index in [0.29, 0.717) is 0 Å². The molecule has 0 fully saturated rings. The second-order valence-corrected chi connectivity index (χ2v) is 3.55. The molecule has 0 spiro atoms. The average Bonchev–Trinajstić information content (AvgIpc) is 2.35. The van der Waals surface area contributed by atoms with Crippen LogP contribution in [0.2, 0.25) is 0 Å². The molecule has 1 atom stereocenters. The lowest BCUT2D eigenvalue weighted by Gasteiger charge is -2.09. The van der Waals surface area contributed by atoms with Crippen LogP contribution in [0.1, 0.15) is 12.0 Å². The van der Waals surface area contributed by atoms with E-state index >= 15 is 0 Å². The highest BCUT2D eigenvalue weighted by Gasteiger charge is 2.08. The minimum Gasteiger partial charge on any atom is -0.445 e. The van der Waals surface area contributed by atoms with E-state index in [1.54, 1.807) is 0 Å². The summed E-state index contributed by atoms with van der Waals surface area (Å²) in [5.41, 5.74) is 0.870. The summed E-state index contributed by atoms with van der Waals surface area (Å²) in [6, 6.07) is 9.21. The summed E-state index contributed by atoms with van der Waals surface area (Å²) in [7, 11) is 0. The van der Waals surface area contributed by atoms with Crippen LogP contribution < -0.4 is 5.32 Å². The summed E-state index contributed by atoms with van der Waals surface area (Å²) in [5.74, 6) is 0. The molecule has 1 rings (SSSR count). The molecule has 1 amide bonds. The van der Waals surface area contributed by atoms with E-state index in [9.17, 15) is 9.18 Å². The molecule has 0 bridgehead atoms. The first-order chi connectivity index (χ1) is 8.22. The first kappa shape index (κ1) is 13.4. The lowest BCUT2D eigenvalue weighted by Crippen LogP contribution is -2.31. The molecule has 2 N–H and O–H groups in total. The Morgan fingerprint density at radius 3 is 2.76 bits per heavy atom. The zero-order valence-corrected chi connectivity index (χ0v) is 9.43. The van der Waals surface area contributed by atoms with Gasteiger partial charge < -0.3 is 15.2 Å². The van der Waals surface area contributed by atoms with Crippen molar-refractivity contribution in [3.63, 3.8) is 0 Å². The average molecular weight is 241 g/mol. The Balaban J connectivity index is 2.17. The third-order valence-electron chi connectivity index (χ3n) is 2.12. The number of carbonyl (C=O) groups excluding carboxylic acids is 1. The summed E-state index contributed by atoms with van der Waals surface area (Å²) in [6.07, 6.45) is -1.89. The van der Waals surface area contributed by atoms with Gasteiger partial charge in [-0.15, -0.1) is 0 Å². The minimum absolute atomic E-state index is 0.0129. The summed E-state index contributed by atoms with van der Waals surface area (Å²) in [4.78, 5) is 11.2. The van der Waals surface area contributed by atoms with Crippen LogP contribution in [-0.4, -0.2) is 30.5 Å².